The summed E-state index contributed by atoms with van der Waals surface area (Å²) in [4.78, 5) is 12.8. The summed E-state index contributed by atoms with van der Waals surface area (Å²) < 4.78 is 0. The number of likely N-dealkylation sites (N-methyl/N-ethyl adjacent to an activating group) is 1. The van der Waals surface area contributed by atoms with Gasteiger partial charge in [-0.3, -0.25) is 10.2 Å². The second kappa shape index (κ2) is 4.54. The molecule has 1 aliphatic heterocycles. The SMILES string of the molecule is CN(C)C1CNNC(=O)C1.Cl. The summed E-state index contributed by atoms with van der Waals surface area (Å²) in [5.41, 5.74) is 5.38. The first-order valence-electron chi connectivity index (χ1n) is 3.38. The van der Waals surface area contributed by atoms with Crippen molar-refractivity contribution in [2.45, 2.75) is 12.5 Å². The lowest BCUT2D eigenvalue weighted by Crippen LogP contribution is -2.53. The van der Waals surface area contributed by atoms with Gasteiger partial charge in [-0.15, -0.1) is 12.4 Å². The molecule has 1 fully saturated rings. The summed E-state index contributed by atoms with van der Waals surface area (Å²) in [5, 5.41) is 0. The number of rotatable bonds is 1. The Labute approximate surface area is 72.7 Å². The van der Waals surface area contributed by atoms with Gasteiger partial charge in [-0.05, 0) is 14.1 Å². The van der Waals surface area contributed by atoms with E-state index in [1.807, 2.05) is 19.0 Å². The van der Waals surface area contributed by atoms with Crippen molar-refractivity contribution in [1.29, 1.82) is 0 Å². The predicted molar refractivity (Wildman–Crippen MR) is 45.5 cm³/mol. The van der Waals surface area contributed by atoms with E-state index in [9.17, 15) is 4.79 Å². The fourth-order valence-electron chi connectivity index (χ4n) is 0.970. The van der Waals surface area contributed by atoms with Gasteiger partial charge in [0.1, 0.15) is 0 Å². The lowest BCUT2D eigenvalue weighted by molar-refractivity contribution is -0.124. The first kappa shape index (κ1) is 10.7. The molecule has 1 atom stereocenters. The molecule has 66 valence electrons. The number of amides is 1. The molecule has 0 aromatic rings. The van der Waals surface area contributed by atoms with Crippen molar-refractivity contribution < 1.29 is 4.79 Å². The quantitative estimate of drug-likeness (QED) is 0.563. The number of carbonyl (C=O) groups excluding carboxylic acids is 1. The second-order valence-corrected chi connectivity index (χ2v) is 2.75. The van der Waals surface area contributed by atoms with Crippen LogP contribution in [-0.4, -0.2) is 37.5 Å². The molecular formula is C6H14ClN3O. The Morgan fingerprint density at radius 2 is 2.18 bits per heavy atom. The van der Waals surface area contributed by atoms with Gasteiger partial charge in [-0.25, -0.2) is 5.43 Å². The Bertz CT molecular complexity index is 140. The maximum Gasteiger partial charge on any atom is 0.235 e. The standard InChI is InChI=1S/C6H13N3O.ClH/c1-9(2)5-3-6(10)8-7-4-5;/h5,7H,3-4H2,1-2H3,(H,8,10);1H. The average Bonchev–Trinajstić information content (AvgIpc) is 1.88. The van der Waals surface area contributed by atoms with E-state index in [1.165, 1.54) is 0 Å². The zero-order valence-corrected chi connectivity index (χ0v) is 7.57. The van der Waals surface area contributed by atoms with E-state index in [2.05, 4.69) is 10.9 Å². The molecule has 4 nitrogen and oxygen atoms in total. The molecule has 0 bridgehead atoms. The minimum absolute atomic E-state index is 0. The Morgan fingerprint density at radius 1 is 1.55 bits per heavy atom. The third-order valence-corrected chi connectivity index (χ3v) is 1.72. The van der Waals surface area contributed by atoms with Crippen LogP contribution in [0.5, 0.6) is 0 Å². The van der Waals surface area contributed by atoms with E-state index in [0.717, 1.165) is 6.54 Å². The molecule has 2 N–H and O–H groups in total. The van der Waals surface area contributed by atoms with Crippen LogP contribution in [0.25, 0.3) is 0 Å². The molecule has 1 unspecified atom stereocenters. The predicted octanol–water partition coefficient (Wildman–Crippen LogP) is -0.637. The van der Waals surface area contributed by atoms with Gasteiger partial charge in [0.25, 0.3) is 0 Å². The molecule has 1 amide bonds. The largest absolute Gasteiger partial charge is 0.305 e. The van der Waals surface area contributed by atoms with Crippen LogP contribution in [0.15, 0.2) is 0 Å². The molecule has 0 aromatic heterocycles. The number of carbonyl (C=O) groups is 1. The second-order valence-electron chi connectivity index (χ2n) is 2.75. The van der Waals surface area contributed by atoms with Crippen molar-refractivity contribution in [2.75, 3.05) is 20.6 Å². The van der Waals surface area contributed by atoms with Crippen molar-refractivity contribution in [1.82, 2.24) is 15.8 Å². The van der Waals surface area contributed by atoms with Gasteiger partial charge in [-0.1, -0.05) is 0 Å². The Hall–Kier alpha value is -0.320. The van der Waals surface area contributed by atoms with Crippen LogP contribution in [0.4, 0.5) is 0 Å². The normalized spacial score (nSPS) is 24.3. The topological polar surface area (TPSA) is 44.4 Å². The van der Waals surface area contributed by atoms with Crippen molar-refractivity contribution >= 4 is 18.3 Å². The molecule has 0 spiro atoms. The van der Waals surface area contributed by atoms with Crippen molar-refractivity contribution in [2.24, 2.45) is 0 Å². The highest BCUT2D eigenvalue weighted by Gasteiger charge is 2.19. The lowest BCUT2D eigenvalue weighted by Gasteiger charge is -2.28. The van der Waals surface area contributed by atoms with Crippen molar-refractivity contribution in [3.63, 3.8) is 0 Å². The molecule has 1 rings (SSSR count). The van der Waals surface area contributed by atoms with Gasteiger partial charge < -0.3 is 4.90 Å². The highest BCUT2D eigenvalue weighted by atomic mass is 35.5. The fraction of sp³-hybridized carbons (Fsp3) is 0.833. The van der Waals surface area contributed by atoms with Gasteiger partial charge in [0.05, 0.1) is 0 Å². The van der Waals surface area contributed by atoms with E-state index in [1.54, 1.807) is 0 Å². The molecule has 5 heteroatoms. The Balaban J connectivity index is 0.000001000. The maximum atomic E-state index is 10.8. The molecule has 0 aromatic carbocycles. The van der Waals surface area contributed by atoms with E-state index < -0.39 is 0 Å². The highest BCUT2D eigenvalue weighted by molar-refractivity contribution is 5.85. The fourth-order valence-corrected chi connectivity index (χ4v) is 0.970. The maximum absolute atomic E-state index is 10.8. The summed E-state index contributed by atoms with van der Waals surface area (Å²) in [5.74, 6) is 0.0740. The minimum atomic E-state index is 0. The van der Waals surface area contributed by atoms with Crippen LogP contribution in [0, 0.1) is 0 Å². The molecule has 0 saturated carbocycles. The van der Waals surface area contributed by atoms with Gasteiger partial charge in [0.2, 0.25) is 5.91 Å². The third-order valence-electron chi connectivity index (χ3n) is 1.72. The summed E-state index contributed by atoms with van der Waals surface area (Å²) in [6.07, 6.45) is 0.597. The van der Waals surface area contributed by atoms with Gasteiger partial charge in [0.15, 0.2) is 0 Å². The van der Waals surface area contributed by atoms with E-state index >= 15 is 0 Å². The van der Waals surface area contributed by atoms with Gasteiger partial charge >= 0.3 is 0 Å². The van der Waals surface area contributed by atoms with Crippen molar-refractivity contribution in [3.05, 3.63) is 0 Å². The van der Waals surface area contributed by atoms with Crippen molar-refractivity contribution in [3.8, 4) is 0 Å². The number of halogens is 1. The molecule has 1 heterocycles. The molecule has 0 radical (unpaired) electrons. The number of hydrogen-bond acceptors (Lipinski definition) is 3. The van der Waals surface area contributed by atoms with Crippen LogP contribution in [0.1, 0.15) is 6.42 Å². The third kappa shape index (κ3) is 3.05. The molecule has 1 saturated heterocycles. The summed E-state index contributed by atoms with van der Waals surface area (Å²) in [7, 11) is 3.95. The lowest BCUT2D eigenvalue weighted by atomic mass is 10.1. The van der Waals surface area contributed by atoms with Crippen LogP contribution >= 0.6 is 12.4 Å². The monoisotopic (exact) mass is 179 g/mol. The minimum Gasteiger partial charge on any atom is -0.305 e. The summed E-state index contributed by atoms with van der Waals surface area (Å²) in [6, 6.07) is 0.341. The molecular weight excluding hydrogens is 166 g/mol. The molecule has 0 aliphatic carbocycles. The first-order chi connectivity index (χ1) is 4.70. The van der Waals surface area contributed by atoms with E-state index in [4.69, 9.17) is 0 Å². The smallest absolute Gasteiger partial charge is 0.235 e. The zero-order chi connectivity index (χ0) is 7.56. The molecule has 1 aliphatic rings. The van der Waals surface area contributed by atoms with Crippen LogP contribution < -0.4 is 10.9 Å². The number of nitrogens with zero attached hydrogens (tertiary/aromatic N) is 1. The first-order valence-corrected chi connectivity index (χ1v) is 3.38. The van der Waals surface area contributed by atoms with Gasteiger partial charge in [0, 0.05) is 19.0 Å². The summed E-state index contributed by atoms with van der Waals surface area (Å²) >= 11 is 0. The van der Waals surface area contributed by atoms with Gasteiger partial charge in [-0.2, -0.15) is 0 Å². The van der Waals surface area contributed by atoms with Crippen LogP contribution in [-0.2, 0) is 4.79 Å². The van der Waals surface area contributed by atoms with Crippen LogP contribution in [0.3, 0.4) is 0 Å². The number of nitrogens with one attached hydrogen (secondary N) is 2. The summed E-state index contributed by atoms with van der Waals surface area (Å²) in [6.45, 7) is 0.832. The average molecular weight is 180 g/mol. The Kier molecular flexibility index (Phi) is 4.40. The van der Waals surface area contributed by atoms with E-state index in [-0.39, 0.29) is 18.3 Å². The number of hydrazine groups is 1. The highest BCUT2D eigenvalue weighted by Crippen LogP contribution is 2.00. The molecule has 11 heavy (non-hydrogen) atoms. The Morgan fingerprint density at radius 3 is 2.55 bits per heavy atom. The zero-order valence-electron chi connectivity index (χ0n) is 6.76. The van der Waals surface area contributed by atoms with Crippen LogP contribution in [0.2, 0.25) is 0 Å². The van der Waals surface area contributed by atoms with E-state index in [0.29, 0.717) is 12.5 Å². The number of hydrogen-bond donors (Lipinski definition) is 2.